The Kier molecular flexibility index (Phi) is 4.62. The van der Waals surface area contributed by atoms with Crippen LogP contribution < -0.4 is 5.32 Å². The Balaban J connectivity index is 1.74. The molecule has 0 unspecified atom stereocenters. The van der Waals surface area contributed by atoms with E-state index in [0.717, 1.165) is 11.1 Å². The lowest BCUT2D eigenvalue weighted by molar-refractivity contribution is -0.114. The van der Waals surface area contributed by atoms with Crippen molar-refractivity contribution < 1.29 is 13.9 Å². The van der Waals surface area contributed by atoms with Crippen LogP contribution in [-0.4, -0.2) is 10.9 Å². The predicted octanol–water partition coefficient (Wildman–Crippen LogP) is 4.29. The molecular weight excluding hydrogens is 307 g/mol. The fraction of sp³-hybridized carbons (Fsp3) is 0.211. The molecule has 2 aromatic carbocycles. The van der Waals surface area contributed by atoms with Crippen LogP contribution in [0, 0.1) is 12.7 Å². The fourth-order valence-corrected chi connectivity index (χ4v) is 2.59. The number of halogens is 1. The summed E-state index contributed by atoms with van der Waals surface area (Å²) in [6.45, 7) is 4.22. The van der Waals surface area contributed by atoms with E-state index in [1.807, 2.05) is 37.3 Å². The fourth-order valence-electron chi connectivity index (χ4n) is 2.59. The van der Waals surface area contributed by atoms with Crippen LogP contribution in [0.2, 0.25) is 0 Å². The molecule has 0 atom stereocenters. The molecule has 0 aliphatic carbocycles. The van der Waals surface area contributed by atoms with Crippen LogP contribution in [0.1, 0.15) is 23.6 Å². The van der Waals surface area contributed by atoms with Gasteiger partial charge in [-0.25, -0.2) is 4.39 Å². The average molecular weight is 326 g/mol. The van der Waals surface area contributed by atoms with E-state index in [1.165, 1.54) is 18.6 Å². The quantitative estimate of drug-likeness (QED) is 0.735. The molecular formula is C19H19FN2O2. The number of fused-ring (bicyclic) bond motifs is 1. The summed E-state index contributed by atoms with van der Waals surface area (Å²) in [5.74, 6) is -0.560. The highest BCUT2D eigenvalue weighted by Crippen LogP contribution is 2.27. The van der Waals surface area contributed by atoms with Crippen molar-refractivity contribution in [2.75, 3.05) is 5.32 Å². The molecule has 24 heavy (non-hydrogen) atoms. The number of rotatable bonds is 5. The molecule has 1 aromatic heterocycles. The summed E-state index contributed by atoms with van der Waals surface area (Å²) in [5.41, 5.74) is 3.93. The molecule has 0 saturated carbocycles. The minimum atomic E-state index is -0.363. The Bertz CT molecular complexity index is 869. The minimum Gasteiger partial charge on any atom is -0.372 e. The number of nitrogens with one attached hydrogen (secondary N) is 2. The van der Waals surface area contributed by atoms with Crippen LogP contribution in [0.25, 0.3) is 10.9 Å². The number of carbonyl (C=O) groups excluding carboxylic acids is 1. The standard InChI is InChI=1S/C19H19FN2O2/c1-12-3-5-14(6-4-12)10-24-11-15-7-16-18(22-13(2)23)9-21-19(16)17(20)8-15/h3-9,21H,10-11H2,1-2H3,(H,22,23). The van der Waals surface area contributed by atoms with E-state index in [9.17, 15) is 9.18 Å². The molecule has 0 aliphatic heterocycles. The Hall–Kier alpha value is -2.66. The van der Waals surface area contributed by atoms with E-state index in [2.05, 4.69) is 10.3 Å². The van der Waals surface area contributed by atoms with Gasteiger partial charge in [-0.2, -0.15) is 0 Å². The Morgan fingerprint density at radius 2 is 1.88 bits per heavy atom. The lowest BCUT2D eigenvalue weighted by Gasteiger charge is -2.07. The second-order valence-electron chi connectivity index (χ2n) is 5.86. The van der Waals surface area contributed by atoms with Gasteiger partial charge in [-0.3, -0.25) is 4.79 Å². The number of hydrogen-bond donors (Lipinski definition) is 2. The molecule has 1 heterocycles. The van der Waals surface area contributed by atoms with Crippen LogP contribution in [0.3, 0.4) is 0 Å². The maximum atomic E-state index is 14.2. The number of H-pyrrole nitrogens is 1. The number of aryl methyl sites for hydroxylation is 1. The molecule has 4 nitrogen and oxygen atoms in total. The van der Waals surface area contributed by atoms with Gasteiger partial charge < -0.3 is 15.0 Å². The SMILES string of the molecule is CC(=O)Nc1c[nH]c2c(F)cc(COCc3ccc(C)cc3)cc12. The van der Waals surface area contributed by atoms with Crippen molar-refractivity contribution in [1.29, 1.82) is 0 Å². The van der Waals surface area contributed by atoms with Crippen molar-refractivity contribution in [3.63, 3.8) is 0 Å². The van der Waals surface area contributed by atoms with Crippen LogP contribution in [0.4, 0.5) is 10.1 Å². The molecule has 2 N–H and O–H groups in total. The number of aromatic nitrogens is 1. The van der Waals surface area contributed by atoms with Gasteiger partial charge in [0.1, 0.15) is 5.82 Å². The maximum absolute atomic E-state index is 14.2. The van der Waals surface area contributed by atoms with Crippen LogP contribution >= 0.6 is 0 Å². The molecule has 0 bridgehead atoms. The zero-order valence-corrected chi connectivity index (χ0v) is 13.7. The van der Waals surface area contributed by atoms with Gasteiger partial charge in [-0.15, -0.1) is 0 Å². The number of aromatic amines is 1. The number of anilines is 1. The zero-order chi connectivity index (χ0) is 17.1. The highest BCUT2D eigenvalue weighted by Gasteiger charge is 2.11. The second-order valence-corrected chi connectivity index (χ2v) is 5.86. The Labute approximate surface area is 139 Å². The second kappa shape index (κ2) is 6.84. The lowest BCUT2D eigenvalue weighted by atomic mass is 10.1. The van der Waals surface area contributed by atoms with Crippen LogP contribution in [0.5, 0.6) is 0 Å². The number of hydrogen-bond acceptors (Lipinski definition) is 2. The third kappa shape index (κ3) is 3.63. The summed E-state index contributed by atoms with van der Waals surface area (Å²) in [6, 6.07) is 11.4. The summed E-state index contributed by atoms with van der Waals surface area (Å²) >= 11 is 0. The Morgan fingerprint density at radius 1 is 1.17 bits per heavy atom. The molecule has 0 saturated heterocycles. The van der Waals surface area contributed by atoms with Crippen molar-refractivity contribution in [3.8, 4) is 0 Å². The first kappa shape index (κ1) is 16.2. The first-order chi connectivity index (χ1) is 11.5. The van der Waals surface area contributed by atoms with Crippen molar-refractivity contribution in [2.45, 2.75) is 27.1 Å². The molecule has 124 valence electrons. The first-order valence-corrected chi connectivity index (χ1v) is 7.73. The van der Waals surface area contributed by atoms with E-state index in [1.54, 1.807) is 6.20 Å². The van der Waals surface area contributed by atoms with E-state index >= 15 is 0 Å². The summed E-state index contributed by atoms with van der Waals surface area (Å²) in [5, 5.41) is 3.33. The van der Waals surface area contributed by atoms with Gasteiger partial charge in [-0.1, -0.05) is 29.8 Å². The van der Waals surface area contributed by atoms with Crippen molar-refractivity contribution in [1.82, 2.24) is 4.98 Å². The number of amides is 1. The molecule has 0 radical (unpaired) electrons. The first-order valence-electron chi connectivity index (χ1n) is 7.73. The highest BCUT2D eigenvalue weighted by molar-refractivity contribution is 6.01. The van der Waals surface area contributed by atoms with E-state index < -0.39 is 0 Å². The van der Waals surface area contributed by atoms with Gasteiger partial charge >= 0.3 is 0 Å². The van der Waals surface area contributed by atoms with Gasteiger partial charge in [0.05, 0.1) is 24.4 Å². The monoisotopic (exact) mass is 326 g/mol. The summed E-state index contributed by atoms with van der Waals surface area (Å²) in [7, 11) is 0. The van der Waals surface area contributed by atoms with E-state index in [4.69, 9.17) is 4.74 Å². The van der Waals surface area contributed by atoms with Gasteiger partial charge in [0.25, 0.3) is 0 Å². The number of ether oxygens (including phenoxy) is 1. The predicted molar refractivity (Wildman–Crippen MR) is 92.2 cm³/mol. The smallest absolute Gasteiger partial charge is 0.221 e. The Morgan fingerprint density at radius 3 is 2.58 bits per heavy atom. The van der Waals surface area contributed by atoms with E-state index in [-0.39, 0.29) is 11.7 Å². The number of carbonyl (C=O) groups is 1. The van der Waals surface area contributed by atoms with Crippen molar-refractivity contribution >= 4 is 22.5 Å². The molecule has 0 aliphatic rings. The normalized spacial score (nSPS) is 11.0. The summed E-state index contributed by atoms with van der Waals surface area (Å²) in [6.07, 6.45) is 1.59. The zero-order valence-electron chi connectivity index (χ0n) is 13.7. The highest BCUT2D eigenvalue weighted by atomic mass is 19.1. The largest absolute Gasteiger partial charge is 0.372 e. The van der Waals surface area contributed by atoms with Gasteiger partial charge in [0.15, 0.2) is 0 Å². The van der Waals surface area contributed by atoms with Gasteiger partial charge in [0.2, 0.25) is 5.91 Å². The van der Waals surface area contributed by atoms with E-state index in [0.29, 0.717) is 29.8 Å². The molecule has 0 fully saturated rings. The third-order valence-electron chi connectivity index (χ3n) is 3.77. The number of benzene rings is 2. The third-order valence-corrected chi connectivity index (χ3v) is 3.77. The summed E-state index contributed by atoms with van der Waals surface area (Å²) in [4.78, 5) is 14.1. The molecule has 1 amide bonds. The van der Waals surface area contributed by atoms with Crippen LogP contribution in [0.15, 0.2) is 42.6 Å². The summed E-state index contributed by atoms with van der Waals surface area (Å²) < 4.78 is 19.9. The average Bonchev–Trinajstić information content (AvgIpc) is 2.92. The maximum Gasteiger partial charge on any atom is 0.221 e. The molecule has 3 rings (SSSR count). The molecule has 5 heteroatoms. The van der Waals surface area contributed by atoms with Crippen LogP contribution in [-0.2, 0) is 22.7 Å². The topological polar surface area (TPSA) is 54.1 Å². The van der Waals surface area contributed by atoms with Gasteiger partial charge in [-0.05, 0) is 30.2 Å². The lowest BCUT2D eigenvalue weighted by Crippen LogP contribution is -2.05. The van der Waals surface area contributed by atoms with Crippen molar-refractivity contribution in [3.05, 3.63) is 65.1 Å². The van der Waals surface area contributed by atoms with Crippen molar-refractivity contribution in [2.24, 2.45) is 0 Å². The molecule has 0 spiro atoms. The minimum absolute atomic E-state index is 0.197. The molecule has 3 aromatic rings. The van der Waals surface area contributed by atoms with Gasteiger partial charge in [0, 0.05) is 18.5 Å².